The lowest BCUT2D eigenvalue weighted by molar-refractivity contribution is 0.114. The average Bonchev–Trinajstić information content (AvgIpc) is 3.28. The minimum atomic E-state index is 0.514. The SMILES string of the molecule is S=C(Nc1ccc(Cl)cc1)NC1C[C@@H]2CC[C@@H](C1)N2C1CC1. The van der Waals surface area contributed by atoms with E-state index < -0.39 is 0 Å². The highest BCUT2D eigenvalue weighted by molar-refractivity contribution is 7.80. The summed E-state index contributed by atoms with van der Waals surface area (Å²) in [6.45, 7) is 0. The van der Waals surface area contributed by atoms with Crippen molar-refractivity contribution in [1.29, 1.82) is 0 Å². The number of nitrogens with zero attached hydrogens (tertiary/aromatic N) is 1. The van der Waals surface area contributed by atoms with Gasteiger partial charge >= 0.3 is 0 Å². The van der Waals surface area contributed by atoms with Crippen LogP contribution in [0.4, 0.5) is 5.69 Å². The fourth-order valence-corrected chi connectivity index (χ4v) is 4.60. The van der Waals surface area contributed by atoms with Gasteiger partial charge in [-0.1, -0.05) is 11.6 Å². The van der Waals surface area contributed by atoms with Crippen LogP contribution in [0.25, 0.3) is 0 Å². The number of piperidine rings is 1. The van der Waals surface area contributed by atoms with E-state index in [4.69, 9.17) is 23.8 Å². The van der Waals surface area contributed by atoms with Crippen LogP contribution in [0.1, 0.15) is 38.5 Å². The van der Waals surface area contributed by atoms with Crippen LogP contribution in [0.3, 0.4) is 0 Å². The zero-order valence-corrected chi connectivity index (χ0v) is 14.2. The number of benzene rings is 1. The number of rotatable bonds is 3. The Kier molecular flexibility index (Phi) is 4.01. The summed E-state index contributed by atoms with van der Waals surface area (Å²) in [6, 6.07) is 10.6. The third-order valence-corrected chi connectivity index (χ3v) is 5.67. The van der Waals surface area contributed by atoms with Crippen molar-refractivity contribution >= 4 is 34.6 Å². The van der Waals surface area contributed by atoms with Crippen LogP contribution in [0.15, 0.2) is 24.3 Å². The number of hydrogen-bond acceptors (Lipinski definition) is 2. The molecule has 5 heteroatoms. The molecular formula is C17H22ClN3S. The van der Waals surface area contributed by atoms with Gasteiger partial charge in [-0.05, 0) is 75.0 Å². The minimum Gasteiger partial charge on any atom is -0.360 e. The molecule has 0 radical (unpaired) electrons. The van der Waals surface area contributed by atoms with E-state index in [0.717, 1.165) is 33.9 Å². The van der Waals surface area contributed by atoms with Crippen LogP contribution >= 0.6 is 23.8 Å². The van der Waals surface area contributed by atoms with Gasteiger partial charge in [-0.25, -0.2) is 0 Å². The van der Waals surface area contributed by atoms with Gasteiger partial charge in [0.15, 0.2) is 5.11 Å². The molecule has 1 aromatic carbocycles. The number of anilines is 1. The van der Waals surface area contributed by atoms with Crippen molar-refractivity contribution in [3.63, 3.8) is 0 Å². The van der Waals surface area contributed by atoms with E-state index in [0.29, 0.717) is 6.04 Å². The topological polar surface area (TPSA) is 27.3 Å². The summed E-state index contributed by atoms with van der Waals surface area (Å²) in [7, 11) is 0. The lowest BCUT2D eigenvalue weighted by Crippen LogP contribution is -2.51. The Morgan fingerprint density at radius 3 is 2.18 bits per heavy atom. The summed E-state index contributed by atoms with van der Waals surface area (Å²) < 4.78 is 0. The Labute approximate surface area is 142 Å². The Bertz CT molecular complexity index is 544. The molecule has 118 valence electrons. The van der Waals surface area contributed by atoms with E-state index in [-0.39, 0.29) is 0 Å². The molecule has 0 amide bonds. The van der Waals surface area contributed by atoms with Gasteiger partial charge in [0.2, 0.25) is 0 Å². The third kappa shape index (κ3) is 3.10. The monoisotopic (exact) mass is 335 g/mol. The summed E-state index contributed by atoms with van der Waals surface area (Å²) in [5.74, 6) is 0. The van der Waals surface area contributed by atoms with E-state index in [1.807, 2.05) is 24.3 Å². The molecule has 4 rings (SSSR count). The molecule has 22 heavy (non-hydrogen) atoms. The molecule has 2 bridgehead atoms. The van der Waals surface area contributed by atoms with Crippen LogP contribution in [-0.2, 0) is 0 Å². The second-order valence-corrected chi connectivity index (χ2v) is 7.68. The fraction of sp³-hybridized carbons (Fsp3) is 0.588. The Hall–Kier alpha value is -0.840. The first-order chi connectivity index (χ1) is 10.7. The molecule has 1 aromatic rings. The van der Waals surface area contributed by atoms with Crippen molar-refractivity contribution in [3.05, 3.63) is 29.3 Å². The predicted octanol–water partition coefficient (Wildman–Crippen LogP) is 3.78. The molecule has 2 aliphatic heterocycles. The highest BCUT2D eigenvalue weighted by atomic mass is 35.5. The first kappa shape index (κ1) is 14.7. The van der Waals surface area contributed by atoms with Crippen LogP contribution in [0, 0.1) is 0 Å². The maximum Gasteiger partial charge on any atom is 0.170 e. The third-order valence-electron chi connectivity index (χ3n) is 5.20. The van der Waals surface area contributed by atoms with Gasteiger partial charge in [-0.3, -0.25) is 4.90 Å². The summed E-state index contributed by atoms with van der Waals surface area (Å²) >= 11 is 11.4. The zero-order chi connectivity index (χ0) is 15.1. The lowest BCUT2D eigenvalue weighted by atomic mass is 9.97. The number of nitrogens with one attached hydrogen (secondary N) is 2. The fourth-order valence-electron chi connectivity index (χ4n) is 4.19. The van der Waals surface area contributed by atoms with E-state index in [1.165, 1.54) is 38.5 Å². The van der Waals surface area contributed by atoms with Gasteiger partial charge < -0.3 is 10.6 Å². The van der Waals surface area contributed by atoms with Crippen LogP contribution < -0.4 is 10.6 Å². The van der Waals surface area contributed by atoms with Gasteiger partial charge in [0.05, 0.1) is 0 Å². The largest absolute Gasteiger partial charge is 0.360 e. The number of thiocarbonyl (C=S) groups is 1. The normalized spacial score (nSPS) is 31.0. The van der Waals surface area contributed by atoms with Gasteiger partial charge in [0.1, 0.15) is 0 Å². The second-order valence-electron chi connectivity index (χ2n) is 6.84. The highest BCUT2D eigenvalue weighted by Gasteiger charge is 2.46. The first-order valence-corrected chi connectivity index (χ1v) is 9.08. The van der Waals surface area contributed by atoms with E-state index >= 15 is 0 Å². The average molecular weight is 336 g/mol. The summed E-state index contributed by atoms with van der Waals surface area (Å²) in [5, 5.41) is 8.26. The molecule has 3 nitrogen and oxygen atoms in total. The molecule has 0 unspecified atom stereocenters. The Balaban J connectivity index is 1.32. The van der Waals surface area contributed by atoms with Crippen molar-refractivity contribution in [2.24, 2.45) is 0 Å². The predicted molar refractivity (Wildman–Crippen MR) is 95.5 cm³/mol. The van der Waals surface area contributed by atoms with Crippen molar-refractivity contribution < 1.29 is 0 Å². The van der Waals surface area contributed by atoms with E-state index in [2.05, 4.69) is 15.5 Å². The second kappa shape index (κ2) is 5.99. The van der Waals surface area contributed by atoms with Crippen molar-refractivity contribution in [3.8, 4) is 0 Å². The zero-order valence-electron chi connectivity index (χ0n) is 12.6. The van der Waals surface area contributed by atoms with E-state index in [1.54, 1.807) is 0 Å². The molecule has 0 spiro atoms. The summed E-state index contributed by atoms with van der Waals surface area (Å²) in [6.07, 6.45) is 8.04. The molecule has 3 fully saturated rings. The van der Waals surface area contributed by atoms with E-state index in [9.17, 15) is 0 Å². The molecule has 2 N–H and O–H groups in total. The van der Waals surface area contributed by atoms with Gasteiger partial charge in [0.25, 0.3) is 0 Å². The molecule has 1 aliphatic carbocycles. The maximum absolute atomic E-state index is 5.91. The minimum absolute atomic E-state index is 0.514. The molecule has 0 aromatic heterocycles. The summed E-state index contributed by atoms with van der Waals surface area (Å²) in [4.78, 5) is 2.81. The number of fused-ring (bicyclic) bond motifs is 2. The molecular weight excluding hydrogens is 314 g/mol. The van der Waals surface area contributed by atoms with Crippen LogP contribution in [-0.4, -0.2) is 34.2 Å². The Morgan fingerprint density at radius 2 is 1.59 bits per heavy atom. The van der Waals surface area contributed by atoms with Gasteiger partial charge in [0, 0.05) is 34.9 Å². The Morgan fingerprint density at radius 1 is 1.00 bits per heavy atom. The number of hydrogen-bond donors (Lipinski definition) is 2. The summed E-state index contributed by atoms with van der Waals surface area (Å²) in [5.41, 5.74) is 0.986. The molecule has 1 saturated carbocycles. The quantitative estimate of drug-likeness (QED) is 0.822. The van der Waals surface area contributed by atoms with Gasteiger partial charge in [-0.2, -0.15) is 0 Å². The van der Waals surface area contributed by atoms with Crippen molar-refractivity contribution in [2.75, 3.05) is 5.32 Å². The smallest absolute Gasteiger partial charge is 0.170 e. The van der Waals surface area contributed by atoms with Crippen molar-refractivity contribution in [2.45, 2.75) is 62.7 Å². The maximum atomic E-state index is 5.91. The molecule has 2 saturated heterocycles. The first-order valence-electron chi connectivity index (χ1n) is 8.29. The molecule has 2 heterocycles. The van der Waals surface area contributed by atoms with Crippen LogP contribution in [0.5, 0.6) is 0 Å². The lowest BCUT2D eigenvalue weighted by Gasteiger charge is -2.39. The highest BCUT2D eigenvalue weighted by Crippen LogP contribution is 2.43. The number of halogens is 1. The van der Waals surface area contributed by atoms with Gasteiger partial charge in [-0.15, -0.1) is 0 Å². The molecule has 3 aliphatic rings. The molecule has 2 atom stereocenters. The van der Waals surface area contributed by atoms with Crippen molar-refractivity contribution in [1.82, 2.24) is 10.2 Å². The standard InChI is InChI=1S/C17H22ClN3S/c18-11-1-3-12(4-2-11)19-17(22)20-13-9-15-7-8-16(10-13)21(15)14-5-6-14/h1-4,13-16H,5-10H2,(H2,19,20,22)/t15-,16-/m0/s1. The van der Waals surface area contributed by atoms with Crippen LogP contribution in [0.2, 0.25) is 5.02 Å².